The number of carbonyl (C=O) groups is 1. The first-order valence-electron chi connectivity index (χ1n) is 8.63. The first-order chi connectivity index (χ1) is 12.8. The van der Waals surface area contributed by atoms with E-state index in [9.17, 15) is 4.79 Å². The highest BCUT2D eigenvalue weighted by molar-refractivity contribution is 5.84. The number of nitrogens with one attached hydrogen (secondary N) is 1. The quantitative estimate of drug-likeness (QED) is 0.716. The Morgan fingerprint density at radius 2 is 1.89 bits per heavy atom. The fourth-order valence-electron chi connectivity index (χ4n) is 2.14. The van der Waals surface area contributed by atoms with Gasteiger partial charge in [0.2, 0.25) is 5.88 Å². The molecule has 0 aliphatic rings. The molecule has 0 saturated carbocycles. The van der Waals surface area contributed by atoms with Crippen LogP contribution in [0, 0.1) is 6.92 Å². The molecule has 27 heavy (non-hydrogen) atoms. The highest BCUT2D eigenvalue weighted by atomic mass is 16.6. The monoisotopic (exact) mass is 374 g/mol. The molecular weight excluding hydrogens is 348 g/mol. The van der Waals surface area contributed by atoms with Gasteiger partial charge in [-0.1, -0.05) is 6.07 Å². The van der Waals surface area contributed by atoms with E-state index >= 15 is 0 Å². The van der Waals surface area contributed by atoms with Gasteiger partial charge in [-0.15, -0.1) is 0 Å². The average Bonchev–Trinajstić information content (AvgIpc) is 2.56. The number of rotatable bonds is 7. The van der Waals surface area contributed by atoms with E-state index in [1.165, 1.54) is 6.20 Å². The van der Waals surface area contributed by atoms with E-state index < -0.39 is 11.7 Å². The summed E-state index contributed by atoms with van der Waals surface area (Å²) in [5, 5.41) is 2.66. The van der Waals surface area contributed by atoms with Gasteiger partial charge >= 0.3 is 6.09 Å². The molecule has 1 amide bonds. The lowest BCUT2D eigenvalue weighted by Gasteiger charge is -2.19. The summed E-state index contributed by atoms with van der Waals surface area (Å²) in [6.45, 7) is 8.24. The number of benzene rings is 1. The molecule has 1 N–H and O–H groups in total. The molecule has 1 heterocycles. The number of ether oxygens (including phenoxy) is 4. The third-order valence-electron chi connectivity index (χ3n) is 3.25. The van der Waals surface area contributed by atoms with Crippen molar-refractivity contribution in [3.8, 4) is 17.4 Å². The molecule has 7 nitrogen and oxygen atoms in total. The summed E-state index contributed by atoms with van der Waals surface area (Å²) in [6, 6.07) is 9.05. The van der Waals surface area contributed by atoms with Gasteiger partial charge in [-0.05, 0) is 45.9 Å². The second-order valence-electron chi connectivity index (χ2n) is 6.89. The molecule has 0 atom stereocenters. The van der Waals surface area contributed by atoms with Gasteiger partial charge in [0.15, 0.2) is 0 Å². The Hall–Kier alpha value is -2.80. The van der Waals surface area contributed by atoms with E-state index in [4.69, 9.17) is 18.9 Å². The molecule has 0 spiro atoms. The SMILES string of the molecule is COCCOc1cccc(Oc2ncc(NC(=O)OC(C)(C)C)cc2C)c1. The van der Waals surface area contributed by atoms with Crippen molar-refractivity contribution >= 4 is 11.8 Å². The Bertz CT molecular complexity index is 771. The minimum atomic E-state index is -0.564. The van der Waals surface area contributed by atoms with E-state index in [2.05, 4.69) is 10.3 Å². The summed E-state index contributed by atoms with van der Waals surface area (Å²) in [5.74, 6) is 1.73. The van der Waals surface area contributed by atoms with E-state index in [0.717, 1.165) is 5.56 Å². The molecular formula is C20H26N2O5. The molecule has 146 valence electrons. The predicted octanol–water partition coefficient (Wildman–Crippen LogP) is 4.55. The standard InChI is InChI=1S/C20H26N2O5/c1-14-11-15(22-19(23)27-20(2,3)4)13-21-18(14)26-17-8-6-7-16(12-17)25-10-9-24-5/h6-8,11-13H,9-10H2,1-5H3,(H,22,23). The van der Waals surface area contributed by atoms with Crippen molar-refractivity contribution in [2.24, 2.45) is 0 Å². The number of anilines is 1. The Kier molecular flexibility index (Phi) is 7.01. The third kappa shape index (κ3) is 7.15. The highest BCUT2D eigenvalue weighted by Gasteiger charge is 2.16. The molecule has 0 aliphatic heterocycles. The van der Waals surface area contributed by atoms with Crippen molar-refractivity contribution < 1.29 is 23.7 Å². The summed E-state index contributed by atoms with van der Waals surface area (Å²) >= 11 is 0. The zero-order valence-corrected chi connectivity index (χ0v) is 16.4. The van der Waals surface area contributed by atoms with Crippen LogP contribution < -0.4 is 14.8 Å². The Morgan fingerprint density at radius 3 is 2.56 bits per heavy atom. The minimum absolute atomic E-state index is 0.443. The molecule has 2 aromatic rings. The summed E-state index contributed by atoms with van der Waals surface area (Å²) in [6.07, 6.45) is 0.990. The van der Waals surface area contributed by atoms with Crippen LogP contribution >= 0.6 is 0 Å². The van der Waals surface area contributed by atoms with Crippen LogP contribution in [0.2, 0.25) is 0 Å². The molecule has 1 aromatic heterocycles. The Labute approximate surface area is 159 Å². The van der Waals surface area contributed by atoms with Crippen molar-refractivity contribution in [3.05, 3.63) is 42.1 Å². The maximum Gasteiger partial charge on any atom is 0.412 e. The first kappa shape index (κ1) is 20.5. The average molecular weight is 374 g/mol. The fourth-order valence-corrected chi connectivity index (χ4v) is 2.14. The zero-order chi connectivity index (χ0) is 19.9. The lowest BCUT2D eigenvalue weighted by atomic mass is 10.2. The second kappa shape index (κ2) is 9.23. The van der Waals surface area contributed by atoms with Gasteiger partial charge in [0.1, 0.15) is 23.7 Å². The molecule has 0 radical (unpaired) electrons. The van der Waals surface area contributed by atoms with Crippen LogP contribution in [0.4, 0.5) is 10.5 Å². The summed E-state index contributed by atoms with van der Waals surface area (Å²) in [7, 11) is 1.62. The van der Waals surface area contributed by atoms with Gasteiger partial charge in [0.05, 0.1) is 18.5 Å². The molecule has 0 aliphatic carbocycles. The van der Waals surface area contributed by atoms with Gasteiger partial charge < -0.3 is 18.9 Å². The van der Waals surface area contributed by atoms with Gasteiger partial charge in [-0.3, -0.25) is 5.32 Å². The van der Waals surface area contributed by atoms with Gasteiger partial charge in [-0.2, -0.15) is 0 Å². The maximum atomic E-state index is 11.8. The van der Waals surface area contributed by atoms with Crippen LogP contribution in [0.3, 0.4) is 0 Å². The molecule has 0 fully saturated rings. The van der Waals surface area contributed by atoms with Crippen molar-refractivity contribution in [1.82, 2.24) is 4.98 Å². The van der Waals surface area contributed by atoms with Crippen LogP contribution in [-0.2, 0) is 9.47 Å². The van der Waals surface area contributed by atoms with Crippen LogP contribution in [-0.4, -0.2) is 37.0 Å². The van der Waals surface area contributed by atoms with Crippen molar-refractivity contribution in [2.75, 3.05) is 25.6 Å². The number of amides is 1. The van der Waals surface area contributed by atoms with Crippen LogP contribution in [0.25, 0.3) is 0 Å². The number of pyridine rings is 1. The third-order valence-corrected chi connectivity index (χ3v) is 3.25. The Balaban J connectivity index is 2.01. The number of aromatic nitrogens is 1. The summed E-state index contributed by atoms with van der Waals surface area (Å²) < 4.78 is 21.6. The number of hydrogen-bond acceptors (Lipinski definition) is 6. The topological polar surface area (TPSA) is 78.9 Å². The smallest absolute Gasteiger partial charge is 0.412 e. The highest BCUT2D eigenvalue weighted by Crippen LogP contribution is 2.27. The number of methoxy groups -OCH3 is 1. The van der Waals surface area contributed by atoms with Gasteiger partial charge in [0, 0.05) is 18.7 Å². The van der Waals surface area contributed by atoms with Crippen molar-refractivity contribution in [1.29, 1.82) is 0 Å². The molecule has 1 aromatic carbocycles. The molecule has 0 saturated heterocycles. The van der Waals surface area contributed by atoms with Crippen molar-refractivity contribution in [2.45, 2.75) is 33.3 Å². The fraction of sp³-hybridized carbons (Fsp3) is 0.400. The lowest BCUT2D eigenvalue weighted by Crippen LogP contribution is -2.27. The largest absolute Gasteiger partial charge is 0.491 e. The van der Waals surface area contributed by atoms with E-state index in [-0.39, 0.29) is 0 Å². The van der Waals surface area contributed by atoms with Gasteiger partial charge in [0.25, 0.3) is 0 Å². The first-order valence-corrected chi connectivity index (χ1v) is 8.63. The number of carbonyl (C=O) groups excluding carboxylic acids is 1. The number of hydrogen-bond donors (Lipinski definition) is 1. The van der Waals surface area contributed by atoms with E-state index in [1.807, 2.05) is 25.1 Å². The molecule has 2 rings (SSSR count). The minimum Gasteiger partial charge on any atom is -0.491 e. The normalized spacial score (nSPS) is 11.0. The maximum absolute atomic E-state index is 11.8. The van der Waals surface area contributed by atoms with Crippen LogP contribution in [0.15, 0.2) is 36.5 Å². The molecule has 0 unspecified atom stereocenters. The Morgan fingerprint density at radius 1 is 1.15 bits per heavy atom. The van der Waals surface area contributed by atoms with E-state index in [1.54, 1.807) is 40.0 Å². The van der Waals surface area contributed by atoms with E-state index in [0.29, 0.717) is 36.3 Å². The molecule has 0 bridgehead atoms. The molecule has 7 heteroatoms. The lowest BCUT2D eigenvalue weighted by molar-refractivity contribution is 0.0636. The zero-order valence-electron chi connectivity index (χ0n) is 16.4. The second-order valence-corrected chi connectivity index (χ2v) is 6.89. The van der Waals surface area contributed by atoms with Crippen molar-refractivity contribution in [3.63, 3.8) is 0 Å². The summed E-state index contributed by atoms with van der Waals surface area (Å²) in [4.78, 5) is 16.1. The van der Waals surface area contributed by atoms with Gasteiger partial charge in [-0.25, -0.2) is 9.78 Å². The number of aryl methyl sites for hydroxylation is 1. The van der Waals surface area contributed by atoms with Crippen LogP contribution in [0.5, 0.6) is 17.4 Å². The predicted molar refractivity (Wildman–Crippen MR) is 103 cm³/mol. The summed E-state index contributed by atoms with van der Waals surface area (Å²) in [5.41, 5.74) is 0.742. The number of nitrogens with zero attached hydrogens (tertiary/aromatic N) is 1. The van der Waals surface area contributed by atoms with Crippen LogP contribution in [0.1, 0.15) is 26.3 Å².